The van der Waals surface area contributed by atoms with Crippen molar-refractivity contribution < 1.29 is 9.53 Å². The lowest BCUT2D eigenvalue weighted by Crippen LogP contribution is -2.23. The predicted octanol–water partition coefficient (Wildman–Crippen LogP) is 3.49. The molecular formula is C22H25NO3. The lowest BCUT2D eigenvalue weighted by molar-refractivity contribution is -0.118. The van der Waals surface area contributed by atoms with E-state index in [4.69, 9.17) is 4.74 Å². The summed E-state index contributed by atoms with van der Waals surface area (Å²) in [5.74, 6) is 0.302. The van der Waals surface area contributed by atoms with Crippen LogP contribution in [-0.4, -0.2) is 16.5 Å². The van der Waals surface area contributed by atoms with Crippen LogP contribution in [0.2, 0.25) is 0 Å². The standard InChI is InChI=1S/C22H25NO3/c1-14-10-16(12-23(2)22(14)25)19-9-7-15-6-8-17(24)11-20(15)21(19)13-26-18-4-3-5-18/h7,9-10,12,18H,3-6,8,11,13H2,1-2H3. The molecule has 0 aliphatic heterocycles. The van der Waals surface area contributed by atoms with E-state index in [1.807, 2.05) is 19.2 Å². The molecule has 0 bridgehead atoms. The van der Waals surface area contributed by atoms with Crippen LogP contribution in [0.3, 0.4) is 0 Å². The Bertz CT molecular complexity index is 895. The highest BCUT2D eigenvalue weighted by molar-refractivity contribution is 5.85. The number of hydrogen-bond acceptors (Lipinski definition) is 3. The van der Waals surface area contributed by atoms with Crippen LogP contribution in [0.1, 0.15) is 47.9 Å². The number of hydrogen-bond donors (Lipinski definition) is 0. The molecule has 136 valence electrons. The summed E-state index contributed by atoms with van der Waals surface area (Å²) in [6.07, 6.45) is 7.67. The second-order valence-electron chi connectivity index (χ2n) is 7.64. The van der Waals surface area contributed by atoms with E-state index in [-0.39, 0.29) is 5.56 Å². The highest BCUT2D eigenvalue weighted by Crippen LogP contribution is 2.34. The molecule has 4 nitrogen and oxygen atoms in total. The predicted molar refractivity (Wildman–Crippen MR) is 101 cm³/mol. The van der Waals surface area contributed by atoms with Crippen molar-refractivity contribution in [1.29, 1.82) is 0 Å². The van der Waals surface area contributed by atoms with Gasteiger partial charge in [0.1, 0.15) is 5.78 Å². The number of ketones is 1. The molecule has 1 heterocycles. The van der Waals surface area contributed by atoms with E-state index in [1.54, 1.807) is 11.6 Å². The fourth-order valence-corrected chi connectivity index (χ4v) is 3.95. The largest absolute Gasteiger partial charge is 0.374 e. The average Bonchev–Trinajstić information content (AvgIpc) is 2.58. The third kappa shape index (κ3) is 3.14. The van der Waals surface area contributed by atoms with Crippen molar-refractivity contribution in [3.05, 3.63) is 57.0 Å². The van der Waals surface area contributed by atoms with Crippen molar-refractivity contribution in [2.75, 3.05) is 0 Å². The zero-order chi connectivity index (χ0) is 18.3. The highest BCUT2D eigenvalue weighted by Gasteiger charge is 2.24. The maximum absolute atomic E-state index is 12.1. The number of aryl methyl sites for hydroxylation is 3. The van der Waals surface area contributed by atoms with Crippen molar-refractivity contribution in [2.24, 2.45) is 7.05 Å². The van der Waals surface area contributed by atoms with Gasteiger partial charge in [-0.1, -0.05) is 12.1 Å². The minimum atomic E-state index is 0.0224. The van der Waals surface area contributed by atoms with E-state index in [0.29, 0.717) is 31.3 Å². The van der Waals surface area contributed by atoms with E-state index < -0.39 is 0 Å². The zero-order valence-corrected chi connectivity index (χ0v) is 15.5. The van der Waals surface area contributed by atoms with Crippen LogP contribution >= 0.6 is 0 Å². The lowest BCUT2D eigenvalue weighted by atomic mass is 9.84. The number of pyridine rings is 1. The van der Waals surface area contributed by atoms with Gasteiger partial charge in [-0.25, -0.2) is 0 Å². The molecule has 0 N–H and O–H groups in total. The Morgan fingerprint density at radius 2 is 2.00 bits per heavy atom. The van der Waals surface area contributed by atoms with E-state index in [9.17, 15) is 9.59 Å². The number of carbonyl (C=O) groups is 1. The van der Waals surface area contributed by atoms with Crippen LogP contribution in [0.5, 0.6) is 0 Å². The van der Waals surface area contributed by atoms with Gasteiger partial charge in [0.2, 0.25) is 0 Å². The summed E-state index contributed by atoms with van der Waals surface area (Å²) in [6, 6.07) is 6.22. The number of fused-ring (bicyclic) bond motifs is 1. The van der Waals surface area contributed by atoms with E-state index in [2.05, 4.69) is 12.1 Å². The van der Waals surface area contributed by atoms with Gasteiger partial charge in [0.15, 0.2) is 0 Å². The molecule has 2 aliphatic rings. The number of Topliss-reactive ketones (excluding diaryl/α,β-unsaturated/α-hetero) is 1. The van der Waals surface area contributed by atoms with Crippen LogP contribution in [0.25, 0.3) is 11.1 Å². The van der Waals surface area contributed by atoms with Gasteiger partial charge in [-0.2, -0.15) is 0 Å². The second-order valence-corrected chi connectivity index (χ2v) is 7.64. The fraction of sp³-hybridized carbons (Fsp3) is 0.455. The summed E-state index contributed by atoms with van der Waals surface area (Å²) in [5.41, 5.74) is 6.38. The smallest absolute Gasteiger partial charge is 0.253 e. The molecule has 0 saturated heterocycles. The fourth-order valence-electron chi connectivity index (χ4n) is 3.95. The second kappa shape index (κ2) is 6.84. The molecule has 0 atom stereocenters. The first kappa shape index (κ1) is 17.2. The van der Waals surface area contributed by atoms with Crippen molar-refractivity contribution in [2.45, 2.75) is 58.2 Å². The molecule has 0 radical (unpaired) electrons. The van der Waals surface area contributed by atoms with Crippen LogP contribution in [0, 0.1) is 6.92 Å². The van der Waals surface area contributed by atoms with E-state index >= 15 is 0 Å². The monoisotopic (exact) mass is 351 g/mol. The molecule has 1 aromatic carbocycles. The lowest BCUT2D eigenvalue weighted by Gasteiger charge is -2.28. The number of benzene rings is 1. The first-order valence-corrected chi connectivity index (χ1v) is 9.47. The normalized spacial score (nSPS) is 17.1. The van der Waals surface area contributed by atoms with E-state index in [1.165, 1.54) is 12.0 Å². The molecule has 0 amide bonds. The summed E-state index contributed by atoms with van der Waals surface area (Å²) >= 11 is 0. The zero-order valence-electron chi connectivity index (χ0n) is 15.5. The third-order valence-electron chi connectivity index (χ3n) is 5.76. The number of nitrogens with zero attached hydrogens (tertiary/aromatic N) is 1. The van der Waals surface area contributed by atoms with Gasteiger partial charge in [-0.3, -0.25) is 9.59 Å². The summed E-state index contributed by atoms with van der Waals surface area (Å²) in [5, 5.41) is 0. The molecule has 4 heteroatoms. The molecule has 0 unspecified atom stereocenters. The minimum Gasteiger partial charge on any atom is -0.374 e. The SMILES string of the molecule is Cc1cc(-c2ccc3c(c2COC2CCC2)CC(=O)CC3)cn(C)c1=O. The van der Waals surface area contributed by atoms with Gasteiger partial charge < -0.3 is 9.30 Å². The van der Waals surface area contributed by atoms with Gasteiger partial charge >= 0.3 is 0 Å². The topological polar surface area (TPSA) is 48.3 Å². The van der Waals surface area contributed by atoms with Gasteiger partial charge in [0, 0.05) is 31.6 Å². The minimum absolute atomic E-state index is 0.0224. The highest BCUT2D eigenvalue weighted by atomic mass is 16.5. The summed E-state index contributed by atoms with van der Waals surface area (Å²) in [4.78, 5) is 24.2. The number of aromatic nitrogens is 1. The summed E-state index contributed by atoms with van der Waals surface area (Å²) in [7, 11) is 1.78. The average molecular weight is 351 g/mol. The molecule has 1 fully saturated rings. The van der Waals surface area contributed by atoms with Crippen molar-refractivity contribution in [3.63, 3.8) is 0 Å². The molecule has 2 aromatic rings. The molecule has 0 spiro atoms. The Hall–Kier alpha value is -2.20. The Morgan fingerprint density at radius 3 is 2.69 bits per heavy atom. The van der Waals surface area contributed by atoms with E-state index in [0.717, 1.165) is 47.1 Å². The molecule has 4 rings (SSSR count). The van der Waals surface area contributed by atoms with Gasteiger partial charge in [0.05, 0.1) is 12.7 Å². The van der Waals surface area contributed by atoms with Crippen LogP contribution < -0.4 is 5.56 Å². The maximum atomic E-state index is 12.1. The van der Waals surface area contributed by atoms with Gasteiger partial charge in [-0.05, 0) is 66.5 Å². The van der Waals surface area contributed by atoms with Crippen LogP contribution in [0.4, 0.5) is 0 Å². The van der Waals surface area contributed by atoms with Crippen molar-refractivity contribution in [3.8, 4) is 11.1 Å². The van der Waals surface area contributed by atoms with Gasteiger partial charge in [0.25, 0.3) is 5.56 Å². The quantitative estimate of drug-likeness (QED) is 0.847. The molecule has 1 aromatic heterocycles. The molecule has 26 heavy (non-hydrogen) atoms. The summed E-state index contributed by atoms with van der Waals surface area (Å²) < 4.78 is 7.76. The first-order chi connectivity index (χ1) is 12.5. The number of rotatable bonds is 4. The third-order valence-corrected chi connectivity index (χ3v) is 5.76. The first-order valence-electron chi connectivity index (χ1n) is 9.47. The molecular weight excluding hydrogens is 326 g/mol. The van der Waals surface area contributed by atoms with Crippen LogP contribution in [0.15, 0.2) is 29.2 Å². The molecule has 2 aliphatic carbocycles. The van der Waals surface area contributed by atoms with Gasteiger partial charge in [-0.15, -0.1) is 0 Å². The molecule has 1 saturated carbocycles. The van der Waals surface area contributed by atoms with Crippen molar-refractivity contribution >= 4 is 5.78 Å². The Kier molecular flexibility index (Phi) is 4.53. The van der Waals surface area contributed by atoms with Crippen molar-refractivity contribution in [1.82, 2.24) is 4.57 Å². The number of carbonyl (C=O) groups excluding carboxylic acids is 1. The number of ether oxygens (including phenoxy) is 1. The summed E-state index contributed by atoms with van der Waals surface area (Å²) in [6.45, 7) is 2.39. The van der Waals surface area contributed by atoms with Crippen LogP contribution in [-0.2, 0) is 36.0 Å². The Balaban J connectivity index is 1.81. The maximum Gasteiger partial charge on any atom is 0.253 e. The Labute approximate surface area is 153 Å². The Morgan fingerprint density at radius 1 is 1.19 bits per heavy atom.